The summed E-state index contributed by atoms with van der Waals surface area (Å²) in [6, 6.07) is 0. The van der Waals surface area contributed by atoms with Crippen molar-refractivity contribution in [2.24, 2.45) is 0 Å². The highest BCUT2D eigenvalue weighted by molar-refractivity contribution is 7.47. The maximum absolute atomic E-state index is 12.6. The monoisotopic (exact) mass is 883 g/mol. The molecule has 0 saturated carbocycles. The Bertz CT molecular complexity index is 1420. The van der Waals surface area contributed by atoms with E-state index in [1.54, 1.807) is 0 Å². The lowest BCUT2D eigenvalue weighted by atomic mass is 10.1. The van der Waals surface area contributed by atoms with Crippen LogP contribution in [0.2, 0.25) is 0 Å². The van der Waals surface area contributed by atoms with Crippen molar-refractivity contribution in [1.29, 1.82) is 0 Å². The first kappa shape index (κ1) is 58.6. The molecule has 62 heavy (non-hydrogen) atoms. The Morgan fingerprint density at radius 2 is 0.871 bits per heavy atom. The van der Waals surface area contributed by atoms with Crippen LogP contribution in [-0.4, -0.2) is 66.3 Å². The number of rotatable bonds is 42. The molecule has 0 rings (SSSR count). The van der Waals surface area contributed by atoms with Gasteiger partial charge in [0.15, 0.2) is 0 Å². The lowest BCUT2D eigenvalue weighted by Crippen LogP contribution is -2.29. The van der Waals surface area contributed by atoms with Crippen LogP contribution >= 0.6 is 7.82 Å². The Labute approximate surface area is 376 Å². The van der Waals surface area contributed by atoms with Crippen molar-refractivity contribution in [1.82, 2.24) is 0 Å². The van der Waals surface area contributed by atoms with Crippen LogP contribution in [-0.2, 0) is 27.9 Å². The second-order valence-corrected chi connectivity index (χ2v) is 16.1. The largest absolute Gasteiger partial charge is 0.472 e. The van der Waals surface area contributed by atoms with E-state index in [1.165, 1.54) is 12.8 Å². The zero-order valence-electron chi connectivity index (χ0n) is 38.3. The summed E-state index contributed by atoms with van der Waals surface area (Å²) in [5.41, 5.74) is 0. The fourth-order valence-corrected chi connectivity index (χ4v) is 6.20. The number of hydrogen-bond donors (Lipinski definition) is 3. The molecule has 0 amide bonds. The van der Waals surface area contributed by atoms with Gasteiger partial charge in [0.05, 0.1) is 26.4 Å². The number of ether oxygens (including phenoxy) is 2. The van der Waals surface area contributed by atoms with Gasteiger partial charge in [0.1, 0.15) is 12.2 Å². The van der Waals surface area contributed by atoms with Gasteiger partial charge in [0.2, 0.25) is 0 Å². The molecule has 0 spiro atoms. The fourth-order valence-electron chi connectivity index (χ4n) is 5.41. The molecule has 9 nitrogen and oxygen atoms in total. The number of unbranched alkanes of at least 4 members (excludes halogenated alkanes) is 6. The summed E-state index contributed by atoms with van der Waals surface area (Å²) in [4.78, 5) is 22.6. The van der Waals surface area contributed by atoms with E-state index in [2.05, 4.69) is 135 Å². The predicted octanol–water partition coefficient (Wildman–Crippen LogP) is 13.4. The minimum Gasteiger partial charge on any atom is -0.457 e. The molecule has 3 N–H and O–H groups in total. The molecule has 0 aliphatic rings. The van der Waals surface area contributed by atoms with E-state index >= 15 is 0 Å². The number of aliphatic hydroxyl groups is 2. The van der Waals surface area contributed by atoms with Gasteiger partial charge in [0, 0.05) is 13.0 Å². The van der Waals surface area contributed by atoms with E-state index < -0.39 is 45.8 Å². The molecular formula is C52H83O9P. The first-order valence-electron chi connectivity index (χ1n) is 23.2. The number of carbonyl (C=O) groups is 1. The summed E-state index contributed by atoms with van der Waals surface area (Å²) in [7, 11) is -4.56. The molecule has 0 heterocycles. The third-order valence-corrected chi connectivity index (χ3v) is 9.80. The average molecular weight is 883 g/mol. The van der Waals surface area contributed by atoms with E-state index in [-0.39, 0.29) is 13.0 Å². The molecule has 3 unspecified atom stereocenters. The van der Waals surface area contributed by atoms with Crippen LogP contribution in [0.4, 0.5) is 0 Å². The lowest BCUT2D eigenvalue weighted by molar-refractivity contribution is -0.154. The van der Waals surface area contributed by atoms with Crippen molar-refractivity contribution in [2.75, 3.05) is 33.0 Å². The van der Waals surface area contributed by atoms with Crippen LogP contribution in [0.15, 0.2) is 134 Å². The van der Waals surface area contributed by atoms with Gasteiger partial charge in [-0.3, -0.25) is 13.8 Å². The number of aliphatic hydroxyl groups excluding tert-OH is 2. The molecule has 0 aromatic heterocycles. The number of phosphoric ester groups is 1. The van der Waals surface area contributed by atoms with Gasteiger partial charge < -0.3 is 24.6 Å². The van der Waals surface area contributed by atoms with Crippen LogP contribution in [0.5, 0.6) is 0 Å². The van der Waals surface area contributed by atoms with Gasteiger partial charge in [0.25, 0.3) is 0 Å². The second-order valence-electron chi connectivity index (χ2n) is 14.7. The maximum atomic E-state index is 12.6. The van der Waals surface area contributed by atoms with Gasteiger partial charge in [-0.05, 0) is 96.3 Å². The molecule has 0 aromatic carbocycles. The smallest absolute Gasteiger partial charge is 0.457 e. The van der Waals surface area contributed by atoms with Gasteiger partial charge in [-0.15, -0.1) is 0 Å². The van der Waals surface area contributed by atoms with E-state index in [0.29, 0.717) is 13.0 Å². The van der Waals surface area contributed by atoms with Crippen LogP contribution < -0.4 is 0 Å². The highest BCUT2D eigenvalue weighted by Crippen LogP contribution is 2.43. The van der Waals surface area contributed by atoms with E-state index in [0.717, 1.165) is 103 Å². The van der Waals surface area contributed by atoms with Crippen molar-refractivity contribution >= 4 is 13.8 Å². The van der Waals surface area contributed by atoms with E-state index in [4.69, 9.17) is 23.6 Å². The van der Waals surface area contributed by atoms with Gasteiger partial charge in [-0.25, -0.2) is 4.57 Å². The van der Waals surface area contributed by atoms with Crippen LogP contribution in [0, 0.1) is 0 Å². The van der Waals surface area contributed by atoms with Crippen molar-refractivity contribution in [3.63, 3.8) is 0 Å². The van der Waals surface area contributed by atoms with Crippen molar-refractivity contribution < 1.29 is 43.0 Å². The number of carbonyl (C=O) groups excluding carboxylic acids is 1. The zero-order chi connectivity index (χ0) is 45.3. The van der Waals surface area contributed by atoms with Crippen LogP contribution in [0.25, 0.3) is 0 Å². The summed E-state index contributed by atoms with van der Waals surface area (Å²) in [6.45, 7) is 3.11. The Balaban J connectivity index is 4.33. The average Bonchev–Trinajstić information content (AvgIpc) is 3.26. The van der Waals surface area contributed by atoms with Crippen LogP contribution in [0.3, 0.4) is 0 Å². The minimum absolute atomic E-state index is 0.00182. The second kappa shape index (κ2) is 47.1. The van der Waals surface area contributed by atoms with Gasteiger partial charge in [-0.2, -0.15) is 0 Å². The highest BCUT2D eigenvalue weighted by atomic mass is 31.2. The standard InChI is InChI=1S/C52H83O9P/c1-3-5-7-9-11-13-15-17-19-21-23-24-25-27-29-31-33-35-37-39-41-43-45-58-48-51(49-60-62(56,57)59-47-50(54)46-53)61-52(55)44-42-40-38-36-34-32-30-28-26-22-20-18-16-14-12-10-8-6-4-2/h5-8,11-14,17-20,23-24,26-29,32,34,38,40,50-51,53-54H,3-4,9-10,15-16,21-22,25,30-31,33,35-37,39,41-49H2,1-2H3,(H,56,57)/b7-5-,8-6-,13-11-,14-12-,19-17-,20-18-,24-23-,28-26-,29-27-,34-32-,40-38-. The molecule has 0 aliphatic carbocycles. The van der Waals surface area contributed by atoms with Gasteiger partial charge >= 0.3 is 13.8 Å². The molecule has 0 bridgehead atoms. The third-order valence-electron chi connectivity index (χ3n) is 8.85. The lowest BCUT2D eigenvalue weighted by Gasteiger charge is -2.20. The predicted molar refractivity (Wildman–Crippen MR) is 260 cm³/mol. The summed E-state index contributed by atoms with van der Waals surface area (Å²) >= 11 is 0. The van der Waals surface area contributed by atoms with Crippen molar-refractivity contribution in [2.45, 2.75) is 154 Å². The number of hydrogen-bond acceptors (Lipinski definition) is 8. The zero-order valence-corrected chi connectivity index (χ0v) is 39.2. The summed E-state index contributed by atoms with van der Waals surface area (Å²) in [5, 5.41) is 18.4. The molecule has 0 radical (unpaired) electrons. The Morgan fingerprint density at radius 3 is 1.31 bits per heavy atom. The molecule has 0 saturated heterocycles. The molecule has 0 fully saturated rings. The summed E-state index contributed by atoms with van der Waals surface area (Å²) in [6.07, 6.45) is 64.3. The molecule has 10 heteroatoms. The number of allylic oxidation sites excluding steroid dienone is 22. The summed E-state index contributed by atoms with van der Waals surface area (Å²) < 4.78 is 33.3. The van der Waals surface area contributed by atoms with Gasteiger partial charge in [-0.1, -0.05) is 173 Å². The summed E-state index contributed by atoms with van der Waals surface area (Å²) in [5.74, 6) is -0.476. The number of esters is 1. The Morgan fingerprint density at radius 1 is 0.500 bits per heavy atom. The normalized spacial score (nSPS) is 15.1. The molecule has 0 aliphatic heterocycles. The Hall–Kier alpha value is -3.40. The third kappa shape index (κ3) is 46.1. The first-order chi connectivity index (χ1) is 30.3. The molecule has 0 aromatic rings. The van der Waals surface area contributed by atoms with Crippen LogP contribution in [0.1, 0.15) is 142 Å². The number of phosphoric acid groups is 1. The topological polar surface area (TPSA) is 132 Å². The highest BCUT2D eigenvalue weighted by Gasteiger charge is 2.26. The maximum Gasteiger partial charge on any atom is 0.472 e. The molecular weight excluding hydrogens is 800 g/mol. The van der Waals surface area contributed by atoms with E-state index in [1.807, 2.05) is 12.2 Å². The molecule has 3 atom stereocenters. The van der Waals surface area contributed by atoms with Crippen molar-refractivity contribution in [3.05, 3.63) is 134 Å². The quantitative estimate of drug-likeness (QED) is 0.0237. The minimum atomic E-state index is -4.56. The molecule has 350 valence electrons. The van der Waals surface area contributed by atoms with Crippen molar-refractivity contribution in [3.8, 4) is 0 Å². The fraction of sp³-hybridized carbons (Fsp3) is 0.558. The Kier molecular flexibility index (Phi) is 44.5. The SMILES string of the molecule is CC/C=C\C/C=C\C/C=C\C/C=C\C/C=C\C/C=C\CCC(=O)OC(COCCCCCCCC/C=C\C/C=C\C/C=C\C/C=C\C/C=C\CC)COP(=O)(O)OCC(O)CO. The first-order valence-corrected chi connectivity index (χ1v) is 24.7. The van der Waals surface area contributed by atoms with E-state index in [9.17, 15) is 19.4 Å².